The predicted octanol–water partition coefficient (Wildman–Crippen LogP) is 7.48. The van der Waals surface area contributed by atoms with E-state index in [0.29, 0.717) is 44.4 Å². The van der Waals surface area contributed by atoms with Crippen LogP contribution in [0.5, 0.6) is 11.5 Å². The van der Waals surface area contributed by atoms with Crippen molar-refractivity contribution in [3.8, 4) is 17.6 Å². The number of benzene rings is 3. The van der Waals surface area contributed by atoms with Crippen molar-refractivity contribution in [2.75, 3.05) is 11.9 Å². The zero-order valence-electron chi connectivity index (χ0n) is 18.5. The van der Waals surface area contributed by atoms with Crippen molar-refractivity contribution in [2.45, 2.75) is 20.5 Å². The molecule has 0 bridgehead atoms. The summed E-state index contributed by atoms with van der Waals surface area (Å²) in [4.78, 5) is 12.6. The van der Waals surface area contributed by atoms with Gasteiger partial charge in [0.1, 0.15) is 18.2 Å². The van der Waals surface area contributed by atoms with Crippen molar-refractivity contribution < 1.29 is 14.3 Å². The van der Waals surface area contributed by atoms with E-state index in [9.17, 15) is 10.1 Å². The normalized spacial score (nSPS) is 11.0. The number of nitrogens with zero attached hydrogens (tertiary/aromatic N) is 1. The maximum Gasteiger partial charge on any atom is 0.266 e. The van der Waals surface area contributed by atoms with Crippen molar-refractivity contribution in [2.24, 2.45) is 0 Å². The third-order valence-electron chi connectivity index (χ3n) is 4.75. The minimum absolute atomic E-state index is 0.0661. The molecule has 0 atom stereocenters. The molecule has 3 aromatic carbocycles. The quantitative estimate of drug-likeness (QED) is 0.249. The number of nitrogens with one attached hydrogen (secondary N) is 1. The molecule has 0 fully saturated rings. The molecule has 0 aliphatic heterocycles. The fourth-order valence-electron chi connectivity index (χ4n) is 2.98. The highest BCUT2D eigenvalue weighted by molar-refractivity contribution is 6.42. The first kappa shape index (κ1) is 25.5. The number of hydrogen-bond donors (Lipinski definition) is 1. The minimum atomic E-state index is -0.541. The van der Waals surface area contributed by atoms with E-state index in [0.717, 1.165) is 11.1 Å². The number of hydrogen-bond acceptors (Lipinski definition) is 4. The van der Waals surface area contributed by atoms with Crippen molar-refractivity contribution in [1.29, 1.82) is 5.26 Å². The van der Waals surface area contributed by atoms with Gasteiger partial charge in [-0.15, -0.1) is 0 Å². The van der Waals surface area contributed by atoms with Crippen LogP contribution < -0.4 is 14.8 Å². The van der Waals surface area contributed by atoms with E-state index in [2.05, 4.69) is 5.32 Å². The number of ether oxygens (including phenoxy) is 2. The second-order valence-corrected chi connectivity index (χ2v) is 8.49. The summed E-state index contributed by atoms with van der Waals surface area (Å²) in [7, 11) is 0. The SMILES string of the molecule is CCOc1cc(/C=C(\C#N)C(=O)Nc2ccc(C)c(Cl)c2)ccc1OCc1ccc(Cl)c(Cl)c1. The van der Waals surface area contributed by atoms with Crippen LogP contribution in [0.4, 0.5) is 5.69 Å². The monoisotopic (exact) mass is 514 g/mol. The van der Waals surface area contributed by atoms with Crippen LogP contribution in [0, 0.1) is 18.3 Å². The summed E-state index contributed by atoms with van der Waals surface area (Å²) in [6.45, 7) is 4.39. The Morgan fingerprint density at radius 1 is 0.971 bits per heavy atom. The molecule has 0 aromatic heterocycles. The number of carbonyl (C=O) groups excluding carboxylic acids is 1. The number of halogens is 3. The van der Waals surface area contributed by atoms with Crippen LogP contribution in [-0.2, 0) is 11.4 Å². The fourth-order valence-corrected chi connectivity index (χ4v) is 3.48. The summed E-state index contributed by atoms with van der Waals surface area (Å²) in [6.07, 6.45) is 1.48. The molecule has 5 nitrogen and oxygen atoms in total. The van der Waals surface area contributed by atoms with Crippen LogP contribution >= 0.6 is 34.8 Å². The Morgan fingerprint density at radius 2 is 1.76 bits per heavy atom. The van der Waals surface area contributed by atoms with Crippen LogP contribution in [-0.4, -0.2) is 12.5 Å². The second kappa shape index (κ2) is 11.8. The van der Waals surface area contributed by atoms with Crippen LogP contribution in [0.25, 0.3) is 6.08 Å². The van der Waals surface area contributed by atoms with Gasteiger partial charge in [-0.25, -0.2) is 0 Å². The standard InChI is InChI=1S/C26H21Cl3N2O3/c1-3-33-25-12-17(6-9-24(25)34-15-18-5-8-21(27)23(29)11-18)10-19(14-30)26(32)31-20-7-4-16(2)22(28)13-20/h4-13H,3,15H2,1-2H3,(H,31,32)/b19-10+. The summed E-state index contributed by atoms with van der Waals surface area (Å²) in [5.41, 5.74) is 2.78. The lowest BCUT2D eigenvalue weighted by Crippen LogP contribution is -2.13. The number of amides is 1. The summed E-state index contributed by atoms with van der Waals surface area (Å²) >= 11 is 18.1. The second-order valence-electron chi connectivity index (χ2n) is 7.26. The Morgan fingerprint density at radius 3 is 2.44 bits per heavy atom. The predicted molar refractivity (Wildman–Crippen MR) is 137 cm³/mol. The smallest absolute Gasteiger partial charge is 0.266 e. The Labute approximate surface area is 213 Å². The van der Waals surface area contributed by atoms with E-state index in [1.165, 1.54) is 6.08 Å². The van der Waals surface area contributed by atoms with Crippen molar-refractivity contribution >= 4 is 52.5 Å². The van der Waals surface area contributed by atoms with E-state index in [1.807, 2.05) is 26.0 Å². The lowest BCUT2D eigenvalue weighted by Gasteiger charge is -2.13. The average Bonchev–Trinajstić information content (AvgIpc) is 2.81. The third kappa shape index (κ3) is 6.68. The molecule has 0 saturated carbocycles. The highest BCUT2D eigenvalue weighted by atomic mass is 35.5. The van der Waals surface area contributed by atoms with Gasteiger partial charge in [0.15, 0.2) is 11.5 Å². The molecule has 3 aromatic rings. The molecule has 8 heteroatoms. The molecule has 1 N–H and O–H groups in total. The lowest BCUT2D eigenvalue weighted by atomic mass is 10.1. The van der Waals surface area contributed by atoms with Gasteiger partial charge < -0.3 is 14.8 Å². The molecule has 34 heavy (non-hydrogen) atoms. The molecular weight excluding hydrogens is 495 g/mol. The van der Waals surface area contributed by atoms with Gasteiger partial charge in [-0.05, 0) is 73.0 Å². The van der Waals surface area contributed by atoms with Crippen molar-refractivity contribution in [1.82, 2.24) is 0 Å². The molecular formula is C26H21Cl3N2O3. The van der Waals surface area contributed by atoms with E-state index in [-0.39, 0.29) is 12.2 Å². The molecule has 0 spiro atoms. The minimum Gasteiger partial charge on any atom is -0.490 e. The van der Waals surface area contributed by atoms with Gasteiger partial charge in [-0.3, -0.25) is 4.79 Å². The first-order chi connectivity index (χ1) is 16.3. The third-order valence-corrected chi connectivity index (χ3v) is 5.90. The lowest BCUT2D eigenvalue weighted by molar-refractivity contribution is -0.112. The Balaban J connectivity index is 1.78. The van der Waals surface area contributed by atoms with E-state index >= 15 is 0 Å². The highest BCUT2D eigenvalue weighted by Gasteiger charge is 2.12. The van der Waals surface area contributed by atoms with Crippen LogP contribution in [0.1, 0.15) is 23.6 Å². The molecule has 0 saturated heterocycles. The van der Waals surface area contributed by atoms with Gasteiger partial charge in [0.25, 0.3) is 5.91 Å². The molecule has 1 amide bonds. The number of aryl methyl sites for hydroxylation is 1. The van der Waals surface area contributed by atoms with Crippen LogP contribution in [0.2, 0.25) is 15.1 Å². The Hall–Kier alpha value is -3.17. The molecule has 0 radical (unpaired) electrons. The van der Waals surface area contributed by atoms with Gasteiger partial charge >= 0.3 is 0 Å². The van der Waals surface area contributed by atoms with Gasteiger partial charge in [0.05, 0.1) is 16.7 Å². The number of carbonyl (C=O) groups is 1. The largest absolute Gasteiger partial charge is 0.490 e. The van der Waals surface area contributed by atoms with Crippen molar-refractivity contribution in [3.05, 3.63) is 91.9 Å². The van der Waals surface area contributed by atoms with Gasteiger partial charge in [-0.2, -0.15) is 5.26 Å². The molecule has 0 aliphatic rings. The van der Waals surface area contributed by atoms with Crippen LogP contribution in [0.3, 0.4) is 0 Å². The van der Waals surface area contributed by atoms with Crippen LogP contribution in [0.15, 0.2) is 60.2 Å². The van der Waals surface area contributed by atoms with Crippen molar-refractivity contribution in [3.63, 3.8) is 0 Å². The van der Waals surface area contributed by atoms with E-state index in [4.69, 9.17) is 44.3 Å². The van der Waals surface area contributed by atoms with E-state index in [1.54, 1.807) is 48.5 Å². The number of nitriles is 1. The summed E-state index contributed by atoms with van der Waals surface area (Å²) in [5.74, 6) is 0.460. The molecule has 3 rings (SSSR count). The van der Waals surface area contributed by atoms with Gasteiger partial charge in [0, 0.05) is 10.7 Å². The fraction of sp³-hybridized carbons (Fsp3) is 0.154. The summed E-state index contributed by atoms with van der Waals surface area (Å²) in [5, 5.41) is 13.7. The Kier molecular flexibility index (Phi) is 8.84. The van der Waals surface area contributed by atoms with Gasteiger partial charge in [-0.1, -0.05) is 53.0 Å². The first-order valence-electron chi connectivity index (χ1n) is 10.3. The average molecular weight is 516 g/mol. The maximum atomic E-state index is 12.6. The molecule has 0 heterocycles. The molecule has 0 aliphatic carbocycles. The first-order valence-corrected chi connectivity index (χ1v) is 11.5. The molecule has 0 unspecified atom stereocenters. The molecule has 174 valence electrons. The Bertz CT molecular complexity index is 1280. The summed E-state index contributed by atoms with van der Waals surface area (Å²) in [6, 6.07) is 17.5. The topological polar surface area (TPSA) is 71.3 Å². The summed E-state index contributed by atoms with van der Waals surface area (Å²) < 4.78 is 11.6. The van der Waals surface area contributed by atoms with Gasteiger partial charge in [0.2, 0.25) is 0 Å². The highest BCUT2D eigenvalue weighted by Crippen LogP contribution is 2.31. The number of rotatable bonds is 8. The van der Waals surface area contributed by atoms with E-state index < -0.39 is 5.91 Å². The number of anilines is 1. The maximum absolute atomic E-state index is 12.6. The zero-order valence-corrected chi connectivity index (χ0v) is 20.8. The zero-order chi connectivity index (χ0) is 24.7.